The van der Waals surface area contributed by atoms with E-state index in [1.54, 1.807) is 18.2 Å². The van der Waals surface area contributed by atoms with E-state index in [1.807, 2.05) is 30.3 Å². The maximum Gasteiger partial charge on any atom is 0.349 e. The molecule has 0 spiro atoms. The molecule has 0 aliphatic carbocycles. The fraction of sp³-hybridized carbons (Fsp3) is 0.208. The molecule has 0 radical (unpaired) electrons. The molecule has 0 atom stereocenters. The van der Waals surface area contributed by atoms with Crippen LogP contribution in [0.1, 0.15) is 36.5 Å². The minimum atomic E-state index is -0.764. The van der Waals surface area contributed by atoms with E-state index in [4.69, 9.17) is 13.9 Å². The number of fused-ring (bicyclic) bond motifs is 1. The van der Waals surface area contributed by atoms with E-state index >= 15 is 0 Å². The summed E-state index contributed by atoms with van der Waals surface area (Å²) in [5.74, 6) is 0.167. The van der Waals surface area contributed by atoms with Gasteiger partial charge in [0.15, 0.2) is 0 Å². The summed E-state index contributed by atoms with van der Waals surface area (Å²) < 4.78 is 15.6. The van der Waals surface area contributed by atoms with Crippen molar-refractivity contribution < 1.29 is 18.7 Å². The lowest BCUT2D eigenvalue weighted by molar-refractivity contribution is -0.139. The lowest BCUT2D eigenvalue weighted by Gasteiger charge is -2.08. The van der Waals surface area contributed by atoms with Crippen LogP contribution in [0.4, 0.5) is 0 Å². The number of hydrogen-bond acceptors (Lipinski definition) is 6. The van der Waals surface area contributed by atoms with Gasteiger partial charge in [0.25, 0.3) is 0 Å². The molecule has 0 unspecified atom stereocenters. The summed E-state index contributed by atoms with van der Waals surface area (Å²) in [6, 6.07) is 15.8. The van der Waals surface area contributed by atoms with Crippen LogP contribution in [-0.4, -0.2) is 13.1 Å². The standard InChI is InChI=1S/C24H21NO5/c1-15(2)17-6-4-16(5-7-17)10-18(13-25)24(27)29-14-19-11-23(26)30-22-12-20(28-3)8-9-21(19)22/h4-12,15H,14H2,1-3H3/b18-10+. The molecule has 1 aromatic heterocycles. The van der Waals surface area contributed by atoms with Crippen molar-refractivity contribution in [2.75, 3.05) is 7.11 Å². The third-order valence-corrected chi connectivity index (χ3v) is 4.65. The second-order valence-electron chi connectivity index (χ2n) is 7.02. The number of methoxy groups -OCH3 is 1. The molecule has 2 aromatic carbocycles. The summed E-state index contributed by atoms with van der Waals surface area (Å²) in [5, 5.41) is 9.99. The van der Waals surface area contributed by atoms with Gasteiger partial charge in [-0.25, -0.2) is 9.59 Å². The molecule has 6 heteroatoms. The molecule has 0 saturated carbocycles. The Balaban J connectivity index is 1.80. The molecule has 30 heavy (non-hydrogen) atoms. The zero-order valence-electron chi connectivity index (χ0n) is 17.0. The third kappa shape index (κ3) is 4.76. The molecule has 3 rings (SSSR count). The number of ether oxygens (including phenoxy) is 2. The first kappa shape index (κ1) is 20.9. The van der Waals surface area contributed by atoms with Crippen LogP contribution in [0.25, 0.3) is 17.0 Å². The first-order valence-corrected chi connectivity index (χ1v) is 9.41. The molecule has 0 bridgehead atoms. The van der Waals surface area contributed by atoms with Crippen LogP contribution in [-0.2, 0) is 16.1 Å². The predicted octanol–water partition coefficient (Wildman–Crippen LogP) is 4.58. The molecule has 0 aliphatic rings. The molecule has 6 nitrogen and oxygen atoms in total. The first-order valence-electron chi connectivity index (χ1n) is 9.41. The third-order valence-electron chi connectivity index (χ3n) is 4.65. The van der Waals surface area contributed by atoms with Crippen LogP contribution >= 0.6 is 0 Å². The summed E-state index contributed by atoms with van der Waals surface area (Å²) in [5.41, 5.74) is 2.01. The average Bonchev–Trinajstić information content (AvgIpc) is 2.75. The first-order chi connectivity index (χ1) is 14.4. The van der Waals surface area contributed by atoms with Crippen molar-refractivity contribution in [2.24, 2.45) is 0 Å². The van der Waals surface area contributed by atoms with Crippen LogP contribution in [0.3, 0.4) is 0 Å². The van der Waals surface area contributed by atoms with Crippen molar-refractivity contribution in [3.8, 4) is 11.8 Å². The molecule has 0 amide bonds. The fourth-order valence-corrected chi connectivity index (χ4v) is 2.96. The van der Waals surface area contributed by atoms with E-state index in [1.165, 1.54) is 24.8 Å². The van der Waals surface area contributed by atoms with Crippen LogP contribution in [0, 0.1) is 11.3 Å². The van der Waals surface area contributed by atoms with E-state index in [0.717, 1.165) is 5.56 Å². The Bertz CT molecular complexity index is 1200. The maximum absolute atomic E-state index is 12.4. The average molecular weight is 403 g/mol. The van der Waals surface area contributed by atoms with Crippen molar-refractivity contribution in [3.63, 3.8) is 0 Å². The zero-order valence-corrected chi connectivity index (χ0v) is 17.0. The zero-order chi connectivity index (χ0) is 21.7. The van der Waals surface area contributed by atoms with E-state index in [0.29, 0.717) is 28.2 Å². The Morgan fingerprint density at radius 1 is 1.17 bits per heavy atom. The van der Waals surface area contributed by atoms with Crippen LogP contribution in [0.2, 0.25) is 0 Å². The highest BCUT2D eigenvalue weighted by Gasteiger charge is 2.14. The molecule has 0 N–H and O–H groups in total. The van der Waals surface area contributed by atoms with E-state index < -0.39 is 11.6 Å². The van der Waals surface area contributed by atoms with E-state index in [-0.39, 0.29) is 12.2 Å². The molecular formula is C24H21NO5. The highest BCUT2D eigenvalue weighted by molar-refractivity contribution is 5.98. The Morgan fingerprint density at radius 2 is 1.90 bits per heavy atom. The van der Waals surface area contributed by atoms with Crippen molar-refractivity contribution in [1.82, 2.24) is 0 Å². The van der Waals surface area contributed by atoms with Gasteiger partial charge in [-0.15, -0.1) is 0 Å². The normalized spacial score (nSPS) is 11.4. The monoisotopic (exact) mass is 403 g/mol. The highest BCUT2D eigenvalue weighted by atomic mass is 16.5. The molecule has 0 aliphatic heterocycles. The number of benzene rings is 2. The summed E-state index contributed by atoms with van der Waals surface area (Å²) in [4.78, 5) is 24.3. The van der Waals surface area contributed by atoms with E-state index in [9.17, 15) is 14.9 Å². The number of esters is 1. The number of rotatable bonds is 6. The lowest BCUT2D eigenvalue weighted by Crippen LogP contribution is -2.09. The van der Waals surface area contributed by atoms with Gasteiger partial charge in [-0.2, -0.15) is 5.26 Å². The molecule has 0 saturated heterocycles. The second-order valence-corrected chi connectivity index (χ2v) is 7.02. The van der Waals surface area contributed by atoms with Gasteiger partial charge >= 0.3 is 11.6 Å². The van der Waals surface area contributed by atoms with Crippen LogP contribution in [0.15, 0.2) is 63.3 Å². The SMILES string of the molecule is COc1ccc2c(COC(=O)/C(C#N)=C/c3ccc(C(C)C)cc3)cc(=O)oc2c1. The fourth-order valence-electron chi connectivity index (χ4n) is 2.96. The van der Waals surface area contributed by atoms with E-state index in [2.05, 4.69) is 13.8 Å². The molecule has 0 fully saturated rings. The number of hydrogen-bond donors (Lipinski definition) is 0. The molecular weight excluding hydrogens is 382 g/mol. The van der Waals surface area contributed by atoms with Gasteiger partial charge in [-0.1, -0.05) is 38.1 Å². The van der Waals surface area contributed by atoms with Crippen molar-refractivity contribution in [1.29, 1.82) is 5.26 Å². The highest BCUT2D eigenvalue weighted by Crippen LogP contribution is 2.23. The van der Waals surface area contributed by atoms with Crippen molar-refractivity contribution in [3.05, 3.63) is 81.2 Å². The Labute approximate surface area is 174 Å². The Hall–Kier alpha value is -3.85. The second kappa shape index (κ2) is 9.10. The van der Waals surface area contributed by atoms with Gasteiger partial charge in [0.1, 0.15) is 29.6 Å². The Kier molecular flexibility index (Phi) is 6.33. The summed E-state index contributed by atoms with van der Waals surface area (Å²) >= 11 is 0. The number of nitrogens with zero attached hydrogens (tertiary/aromatic N) is 1. The molecule has 152 valence electrons. The molecule has 3 aromatic rings. The minimum Gasteiger partial charge on any atom is -0.497 e. The molecule has 1 heterocycles. The number of nitriles is 1. The van der Waals surface area contributed by atoms with Crippen LogP contribution < -0.4 is 10.4 Å². The van der Waals surface area contributed by atoms with Gasteiger partial charge in [-0.3, -0.25) is 0 Å². The Morgan fingerprint density at radius 3 is 2.53 bits per heavy atom. The predicted molar refractivity (Wildman–Crippen MR) is 113 cm³/mol. The quantitative estimate of drug-likeness (QED) is 0.259. The topological polar surface area (TPSA) is 89.5 Å². The largest absolute Gasteiger partial charge is 0.497 e. The summed E-state index contributed by atoms with van der Waals surface area (Å²) in [6.07, 6.45) is 1.48. The minimum absolute atomic E-state index is 0.124. The van der Waals surface area contributed by atoms with Gasteiger partial charge in [0.05, 0.1) is 7.11 Å². The van der Waals surface area contributed by atoms with Gasteiger partial charge in [0.2, 0.25) is 0 Å². The van der Waals surface area contributed by atoms with Crippen molar-refractivity contribution >= 4 is 23.0 Å². The van der Waals surface area contributed by atoms with Gasteiger partial charge in [-0.05, 0) is 35.3 Å². The number of carbonyl (C=O) groups is 1. The maximum atomic E-state index is 12.4. The van der Waals surface area contributed by atoms with Crippen molar-refractivity contribution in [2.45, 2.75) is 26.4 Å². The van der Waals surface area contributed by atoms with Gasteiger partial charge in [0, 0.05) is 23.1 Å². The van der Waals surface area contributed by atoms with Gasteiger partial charge < -0.3 is 13.9 Å². The lowest BCUT2D eigenvalue weighted by atomic mass is 10.0. The summed E-state index contributed by atoms with van der Waals surface area (Å²) in [7, 11) is 1.51. The smallest absolute Gasteiger partial charge is 0.349 e. The number of carbonyl (C=O) groups excluding carboxylic acids is 1. The summed E-state index contributed by atoms with van der Waals surface area (Å²) in [6.45, 7) is 4.01. The van der Waals surface area contributed by atoms with Crippen LogP contribution in [0.5, 0.6) is 5.75 Å².